The van der Waals surface area contributed by atoms with Crippen LogP contribution in [0.3, 0.4) is 0 Å². The Hall–Kier alpha value is -1.50. The van der Waals surface area contributed by atoms with Crippen LogP contribution in [0.1, 0.15) is 5.69 Å². The number of anilines is 1. The first kappa shape index (κ1) is 12.6. The molecule has 0 unspecified atom stereocenters. The van der Waals surface area contributed by atoms with Crippen LogP contribution in [0.4, 0.5) is 5.82 Å². The highest BCUT2D eigenvalue weighted by atomic mass is 32.2. The molecule has 0 saturated carbocycles. The van der Waals surface area contributed by atoms with Crippen LogP contribution in [-0.2, 0) is 0 Å². The van der Waals surface area contributed by atoms with E-state index in [0.717, 1.165) is 12.3 Å². The first-order valence-electron chi connectivity index (χ1n) is 4.69. The molecule has 1 aromatic heterocycles. The normalized spacial score (nSPS) is 11.5. The number of amidine groups is 1. The lowest BCUT2D eigenvalue weighted by Gasteiger charge is -2.19. The quantitative estimate of drug-likeness (QED) is 0.335. The monoisotopic (exact) mass is 241 g/mol. The van der Waals surface area contributed by atoms with Crippen LogP contribution in [0.25, 0.3) is 0 Å². The fourth-order valence-electron chi connectivity index (χ4n) is 1.17. The maximum Gasteiger partial charge on any atom is 0.192 e. The molecule has 0 atom stereocenters. The first-order valence-corrected chi connectivity index (χ1v) is 6.09. The van der Waals surface area contributed by atoms with Crippen molar-refractivity contribution in [1.29, 1.82) is 0 Å². The van der Waals surface area contributed by atoms with E-state index < -0.39 is 0 Å². The van der Waals surface area contributed by atoms with Crippen molar-refractivity contribution in [3.63, 3.8) is 0 Å². The second-order valence-electron chi connectivity index (χ2n) is 3.13. The van der Waals surface area contributed by atoms with Gasteiger partial charge >= 0.3 is 0 Å². The van der Waals surface area contributed by atoms with E-state index in [1.54, 1.807) is 18.0 Å². The molecule has 0 saturated heterocycles. The molecule has 0 aliphatic rings. The highest BCUT2D eigenvalue weighted by Crippen LogP contribution is 2.13. The molecule has 0 bridgehead atoms. The van der Waals surface area contributed by atoms with E-state index in [4.69, 9.17) is 10.9 Å². The predicted octanol–water partition coefficient (Wildman–Crippen LogP) is 0.370. The molecule has 88 valence electrons. The molecule has 0 fully saturated rings. The average molecular weight is 241 g/mol. The van der Waals surface area contributed by atoms with Gasteiger partial charge in [0.1, 0.15) is 0 Å². The van der Waals surface area contributed by atoms with Crippen LogP contribution < -0.4 is 10.6 Å². The standard InChI is InChI=1S/C9H15N5OS/c1-14(5-6-16-2)9-7(8(10)13-15)11-3-4-12-9/h3-4,15H,5-6H2,1-2H3,(H2,10,13). The smallest absolute Gasteiger partial charge is 0.192 e. The molecule has 6 nitrogen and oxygen atoms in total. The van der Waals surface area contributed by atoms with Crippen molar-refractivity contribution in [2.24, 2.45) is 10.9 Å². The van der Waals surface area contributed by atoms with Crippen LogP contribution in [-0.4, -0.2) is 46.6 Å². The fourth-order valence-corrected chi connectivity index (χ4v) is 1.63. The summed E-state index contributed by atoms with van der Waals surface area (Å²) in [6.45, 7) is 0.825. The summed E-state index contributed by atoms with van der Waals surface area (Å²) in [5.41, 5.74) is 5.92. The number of aromatic nitrogens is 2. The van der Waals surface area contributed by atoms with Crippen LogP contribution in [0.2, 0.25) is 0 Å². The van der Waals surface area contributed by atoms with Crippen molar-refractivity contribution < 1.29 is 5.21 Å². The number of hydrogen-bond acceptors (Lipinski definition) is 6. The van der Waals surface area contributed by atoms with E-state index in [-0.39, 0.29) is 5.84 Å². The SMILES string of the molecule is CSCCN(C)c1nccnc1C(N)=NO. The fraction of sp³-hybridized carbons (Fsp3) is 0.444. The Bertz CT molecular complexity index is 371. The van der Waals surface area contributed by atoms with E-state index in [1.807, 2.05) is 18.2 Å². The second kappa shape index (κ2) is 6.16. The predicted molar refractivity (Wildman–Crippen MR) is 66.2 cm³/mol. The van der Waals surface area contributed by atoms with Gasteiger partial charge in [-0.05, 0) is 6.26 Å². The van der Waals surface area contributed by atoms with E-state index in [9.17, 15) is 0 Å². The zero-order chi connectivity index (χ0) is 12.0. The van der Waals surface area contributed by atoms with Gasteiger partial charge in [0, 0.05) is 31.7 Å². The summed E-state index contributed by atoms with van der Waals surface area (Å²) in [7, 11) is 1.90. The van der Waals surface area contributed by atoms with E-state index in [2.05, 4.69) is 15.1 Å². The lowest BCUT2D eigenvalue weighted by atomic mass is 10.3. The molecular weight excluding hydrogens is 226 g/mol. The number of rotatable bonds is 5. The number of oxime groups is 1. The molecule has 1 rings (SSSR count). The molecule has 3 N–H and O–H groups in total. The highest BCUT2D eigenvalue weighted by molar-refractivity contribution is 7.98. The molecule has 0 radical (unpaired) electrons. The van der Waals surface area contributed by atoms with Gasteiger partial charge in [0.25, 0.3) is 0 Å². The van der Waals surface area contributed by atoms with Gasteiger partial charge in [0.15, 0.2) is 17.3 Å². The average Bonchev–Trinajstić information content (AvgIpc) is 2.35. The molecule has 0 aromatic carbocycles. The van der Waals surface area contributed by atoms with Crippen molar-refractivity contribution in [2.75, 3.05) is 30.5 Å². The highest BCUT2D eigenvalue weighted by Gasteiger charge is 2.13. The Morgan fingerprint density at radius 3 is 2.88 bits per heavy atom. The molecule has 0 spiro atoms. The molecule has 7 heteroatoms. The van der Waals surface area contributed by atoms with Crippen LogP contribution in [0.5, 0.6) is 0 Å². The summed E-state index contributed by atoms with van der Waals surface area (Å²) in [5.74, 6) is 1.56. The molecule has 1 aromatic rings. The maximum absolute atomic E-state index is 8.64. The van der Waals surface area contributed by atoms with Gasteiger partial charge in [-0.2, -0.15) is 11.8 Å². The van der Waals surface area contributed by atoms with Gasteiger partial charge in [-0.15, -0.1) is 0 Å². The summed E-state index contributed by atoms with van der Waals surface area (Å²) >= 11 is 1.74. The Kier molecular flexibility index (Phi) is 4.84. The Labute approximate surface area is 98.6 Å². The third-order valence-electron chi connectivity index (χ3n) is 2.02. The minimum atomic E-state index is -0.0286. The van der Waals surface area contributed by atoms with Gasteiger partial charge in [-0.25, -0.2) is 9.97 Å². The van der Waals surface area contributed by atoms with E-state index in [1.165, 1.54) is 6.20 Å². The van der Waals surface area contributed by atoms with Gasteiger partial charge in [0.2, 0.25) is 0 Å². The summed E-state index contributed by atoms with van der Waals surface area (Å²) in [4.78, 5) is 10.2. The van der Waals surface area contributed by atoms with Crippen LogP contribution >= 0.6 is 11.8 Å². The van der Waals surface area contributed by atoms with Gasteiger partial charge < -0.3 is 15.8 Å². The molecule has 16 heavy (non-hydrogen) atoms. The van der Waals surface area contributed by atoms with E-state index >= 15 is 0 Å². The van der Waals surface area contributed by atoms with Crippen molar-refractivity contribution in [3.8, 4) is 0 Å². The minimum absolute atomic E-state index is 0.0286. The Morgan fingerprint density at radius 2 is 2.25 bits per heavy atom. The third-order valence-corrected chi connectivity index (χ3v) is 2.61. The van der Waals surface area contributed by atoms with Crippen molar-refractivity contribution >= 4 is 23.4 Å². The first-order chi connectivity index (χ1) is 7.70. The van der Waals surface area contributed by atoms with Crippen molar-refractivity contribution in [2.45, 2.75) is 0 Å². The lowest BCUT2D eigenvalue weighted by molar-refractivity contribution is 0.318. The summed E-state index contributed by atoms with van der Waals surface area (Å²) in [6, 6.07) is 0. The summed E-state index contributed by atoms with van der Waals surface area (Å²) in [6.07, 6.45) is 5.13. The Balaban J connectivity index is 2.94. The number of hydrogen-bond donors (Lipinski definition) is 2. The topological polar surface area (TPSA) is 87.6 Å². The molecular formula is C9H15N5OS. The van der Waals surface area contributed by atoms with Crippen LogP contribution in [0, 0.1) is 0 Å². The summed E-state index contributed by atoms with van der Waals surface area (Å²) < 4.78 is 0. The number of thioether (sulfide) groups is 1. The third kappa shape index (κ3) is 2.99. The zero-order valence-corrected chi connectivity index (χ0v) is 10.1. The van der Waals surface area contributed by atoms with Crippen molar-refractivity contribution in [3.05, 3.63) is 18.1 Å². The van der Waals surface area contributed by atoms with Crippen molar-refractivity contribution in [1.82, 2.24) is 9.97 Å². The van der Waals surface area contributed by atoms with Gasteiger partial charge in [-0.3, -0.25) is 0 Å². The maximum atomic E-state index is 8.64. The second-order valence-corrected chi connectivity index (χ2v) is 4.11. The van der Waals surface area contributed by atoms with Gasteiger partial charge in [0.05, 0.1) is 0 Å². The molecule has 0 amide bonds. The number of nitrogens with two attached hydrogens (primary N) is 1. The lowest BCUT2D eigenvalue weighted by Crippen LogP contribution is -2.26. The van der Waals surface area contributed by atoms with E-state index in [0.29, 0.717) is 11.5 Å². The molecule has 0 aliphatic heterocycles. The minimum Gasteiger partial charge on any atom is -0.409 e. The molecule has 1 heterocycles. The van der Waals surface area contributed by atoms with Gasteiger partial charge in [-0.1, -0.05) is 5.16 Å². The Morgan fingerprint density at radius 1 is 1.56 bits per heavy atom. The number of nitrogens with zero attached hydrogens (tertiary/aromatic N) is 4. The largest absolute Gasteiger partial charge is 0.409 e. The zero-order valence-electron chi connectivity index (χ0n) is 9.29. The molecule has 0 aliphatic carbocycles. The summed E-state index contributed by atoms with van der Waals surface area (Å²) in [5, 5.41) is 11.6. The van der Waals surface area contributed by atoms with Crippen LogP contribution in [0.15, 0.2) is 17.5 Å².